The SMILES string of the molecule is O=C(COc1cccc(Br)c1)Oc1ccc(C(=O)Nc2ccccc2)cc1. The lowest BCUT2D eigenvalue weighted by Crippen LogP contribution is -2.18. The lowest BCUT2D eigenvalue weighted by atomic mass is 10.2. The molecule has 0 bridgehead atoms. The number of amides is 1. The van der Waals surface area contributed by atoms with Crippen molar-refractivity contribution in [2.45, 2.75) is 0 Å². The van der Waals surface area contributed by atoms with Crippen molar-refractivity contribution in [3.05, 3.63) is 88.9 Å². The number of ether oxygens (including phenoxy) is 2. The number of nitrogens with one attached hydrogen (secondary N) is 1. The van der Waals surface area contributed by atoms with Crippen molar-refractivity contribution in [1.29, 1.82) is 0 Å². The third kappa shape index (κ3) is 5.69. The minimum Gasteiger partial charge on any atom is -0.482 e. The molecular weight excluding hydrogens is 410 g/mol. The number of carbonyl (C=O) groups excluding carboxylic acids is 2. The molecule has 0 saturated carbocycles. The van der Waals surface area contributed by atoms with Crippen LogP contribution >= 0.6 is 15.9 Å². The summed E-state index contributed by atoms with van der Waals surface area (Å²) in [6.45, 7) is -0.216. The number of hydrogen-bond acceptors (Lipinski definition) is 4. The van der Waals surface area contributed by atoms with Gasteiger partial charge in [0, 0.05) is 15.7 Å². The van der Waals surface area contributed by atoms with Gasteiger partial charge in [0.05, 0.1) is 0 Å². The molecule has 0 heterocycles. The molecule has 136 valence electrons. The smallest absolute Gasteiger partial charge is 0.349 e. The largest absolute Gasteiger partial charge is 0.482 e. The van der Waals surface area contributed by atoms with E-state index in [0.717, 1.165) is 4.47 Å². The van der Waals surface area contributed by atoms with Gasteiger partial charge in [0.2, 0.25) is 0 Å². The summed E-state index contributed by atoms with van der Waals surface area (Å²) in [6, 6.07) is 22.7. The molecule has 0 saturated heterocycles. The molecule has 3 rings (SSSR count). The summed E-state index contributed by atoms with van der Waals surface area (Å²) in [6.07, 6.45) is 0. The molecular formula is C21H16BrNO4. The van der Waals surface area contributed by atoms with E-state index in [9.17, 15) is 9.59 Å². The van der Waals surface area contributed by atoms with Crippen LogP contribution in [0.3, 0.4) is 0 Å². The van der Waals surface area contributed by atoms with E-state index in [1.807, 2.05) is 30.3 Å². The number of para-hydroxylation sites is 1. The molecule has 0 fully saturated rings. The van der Waals surface area contributed by atoms with Gasteiger partial charge in [-0.1, -0.05) is 40.2 Å². The van der Waals surface area contributed by atoms with Crippen LogP contribution in [0.1, 0.15) is 10.4 Å². The van der Waals surface area contributed by atoms with Gasteiger partial charge in [0.1, 0.15) is 11.5 Å². The fourth-order valence-corrected chi connectivity index (χ4v) is 2.64. The minimum atomic E-state index is -0.531. The average molecular weight is 426 g/mol. The highest BCUT2D eigenvalue weighted by Gasteiger charge is 2.09. The number of anilines is 1. The predicted octanol–water partition coefficient (Wildman–Crippen LogP) is 4.69. The first kappa shape index (κ1) is 18.7. The molecule has 1 amide bonds. The molecule has 0 aliphatic heterocycles. The first-order chi connectivity index (χ1) is 13.1. The highest BCUT2D eigenvalue weighted by Crippen LogP contribution is 2.18. The Morgan fingerprint density at radius 3 is 2.30 bits per heavy atom. The Labute approximate surface area is 165 Å². The second-order valence-electron chi connectivity index (χ2n) is 5.56. The third-order valence-electron chi connectivity index (χ3n) is 3.53. The summed E-state index contributed by atoms with van der Waals surface area (Å²) in [7, 11) is 0. The summed E-state index contributed by atoms with van der Waals surface area (Å²) >= 11 is 3.33. The van der Waals surface area contributed by atoms with Gasteiger partial charge >= 0.3 is 5.97 Å². The Morgan fingerprint density at radius 2 is 1.59 bits per heavy atom. The van der Waals surface area contributed by atoms with Gasteiger partial charge < -0.3 is 14.8 Å². The second-order valence-corrected chi connectivity index (χ2v) is 6.48. The number of rotatable bonds is 6. The molecule has 6 heteroatoms. The van der Waals surface area contributed by atoms with Gasteiger partial charge in [-0.3, -0.25) is 4.79 Å². The second kappa shape index (κ2) is 9.00. The molecule has 0 aliphatic rings. The van der Waals surface area contributed by atoms with Crippen LogP contribution in [-0.4, -0.2) is 18.5 Å². The van der Waals surface area contributed by atoms with Crippen molar-refractivity contribution in [2.24, 2.45) is 0 Å². The fourth-order valence-electron chi connectivity index (χ4n) is 2.26. The van der Waals surface area contributed by atoms with Gasteiger partial charge in [-0.05, 0) is 54.6 Å². The van der Waals surface area contributed by atoms with Gasteiger partial charge in [0.15, 0.2) is 6.61 Å². The maximum absolute atomic E-state index is 12.2. The molecule has 0 radical (unpaired) electrons. The Morgan fingerprint density at radius 1 is 0.852 bits per heavy atom. The van der Waals surface area contributed by atoms with Crippen molar-refractivity contribution in [2.75, 3.05) is 11.9 Å². The average Bonchev–Trinajstić information content (AvgIpc) is 2.68. The number of esters is 1. The third-order valence-corrected chi connectivity index (χ3v) is 4.03. The predicted molar refractivity (Wildman–Crippen MR) is 106 cm³/mol. The van der Waals surface area contributed by atoms with E-state index in [-0.39, 0.29) is 12.5 Å². The van der Waals surface area contributed by atoms with Crippen LogP contribution in [0.15, 0.2) is 83.3 Å². The number of halogens is 1. The molecule has 0 aromatic heterocycles. The molecule has 27 heavy (non-hydrogen) atoms. The lowest BCUT2D eigenvalue weighted by molar-refractivity contribution is -0.136. The molecule has 0 spiro atoms. The van der Waals surface area contributed by atoms with Crippen molar-refractivity contribution in [3.8, 4) is 11.5 Å². The topological polar surface area (TPSA) is 64.6 Å². The summed E-state index contributed by atoms with van der Waals surface area (Å²) < 4.78 is 11.5. The van der Waals surface area contributed by atoms with Crippen LogP contribution in [-0.2, 0) is 4.79 Å². The van der Waals surface area contributed by atoms with Crippen LogP contribution in [0, 0.1) is 0 Å². The Balaban J connectivity index is 1.52. The van der Waals surface area contributed by atoms with Crippen LogP contribution in [0.25, 0.3) is 0 Å². The quantitative estimate of drug-likeness (QED) is 0.459. The Hall–Kier alpha value is -3.12. The molecule has 0 unspecified atom stereocenters. The molecule has 3 aromatic rings. The fraction of sp³-hybridized carbons (Fsp3) is 0.0476. The molecule has 0 aliphatic carbocycles. The van der Waals surface area contributed by atoms with Gasteiger partial charge in [-0.15, -0.1) is 0 Å². The zero-order valence-corrected chi connectivity index (χ0v) is 15.8. The zero-order valence-electron chi connectivity index (χ0n) is 14.2. The summed E-state index contributed by atoms with van der Waals surface area (Å²) in [4.78, 5) is 24.1. The van der Waals surface area contributed by atoms with E-state index in [1.54, 1.807) is 48.5 Å². The van der Waals surface area contributed by atoms with Gasteiger partial charge in [0.25, 0.3) is 5.91 Å². The van der Waals surface area contributed by atoms with Crippen LogP contribution in [0.4, 0.5) is 5.69 Å². The highest BCUT2D eigenvalue weighted by atomic mass is 79.9. The van der Waals surface area contributed by atoms with Crippen LogP contribution in [0.2, 0.25) is 0 Å². The summed E-state index contributed by atoms with van der Waals surface area (Å²) in [5.74, 6) is 0.136. The minimum absolute atomic E-state index is 0.216. The number of carbonyl (C=O) groups is 2. The monoisotopic (exact) mass is 425 g/mol. The van der Waals surface area contributed by atoms with Crippen molar-refractivity contribution >= 4 is 33.5 Å². The van der Waals surface area contributed by atoms with Crippen LogP contribution < -0.4 is 14.8 Å². The maximum Gasteiger partial charge on any atom is 0.349 e. The Kier molecular flexibility index (Phi) is 6.22. The van der Waals surface area contributed by atoms with E-state index >= 15 is 0 Å². The van der Waals surface area contributed by atoms with Crippen molar-refractivity contribution in [1.82, 2.24) is 0 Å². The molecule has 1 N–H and O–H groups in total. The summed E-state index contributed by atoms with van der Waals surface area (Å²) in [5.41, 5.74) is 1.17. The van der Waals surface area contributed by atoms with E-state index in [0.29, 0.717) is 22.7 Å². The number of benzene rings is 3. The first-order valence-corrected chi connectivity index (χ1v) is 8.95. The number of hydrogen-bond donors (Lipinski definition) is 1. The van der Waals surface area contributed by atoms with E-state index in [1.165, 1.54) is 0 Å². The van der Waals surface area contributed by atoms with Crippen molar-refractivity contribution < 1.29 is 19.1 Å². The highest BCUT2D eigenvalue weighted by molar-refractivity contribution is 9.10. The van der Waals surface area contributed by atoms with E-state index in [4.69, 9.17) is 9.47 Å². The molecule has 0 atom stereocenters. The van der Waals surface area contributed by atoms with Gasteiger partial charge in [-0.2, -0.15) is 0 Å². The van der Waals surface area contributed by atoms with Crippen molar-refractivity contribution in [3.63, 3.8) is 0 Å². The van der Waals surface area contributed by atoms with E-state index in [2.05, 4.69) is 21.2 Å². The molecule has 3 aromatic carbocycles. The zero-order chi connectivity index (χ0) is 19.1. The van der Waals surface area contributed by atoms with Crippen LogP contribution in [0.5, 0.6) is 11.5 Å². The lowest BCUT2D eigenvalue weighted by Gasteiger charge is -2.08. The molecule has 5 nitrogen and oxygen atoms in total. The Bertz CT molecular complexity index is 926. The summed E-state index contributed by atoms with van der Waals surface area (Å²) in [5, 5.41) is 2.79. The maximum atomic E-state index is 12.2. The van der Waals surface area contributed by atoms with E-state index < -0.39 is 5.97 Å². The van der Waals surface area contributed by atoms with Gasteiger partial charge in [-0.25, -0.2) is 4.79 Å². The normalized spacial score (nSPS) is 10.1. The standard InChI is InChI=1S/C21H16BrNO4/c22-16-5-4-8-19(13-16)26-14-20(24)27-18-11-9-15(10-12-18)21(25)23-17-6-2-1-3-7-17/h1-13H,14H2,(H,23,25). The first-order valence-electron chi connectivity index (χ1n) is 8.16.